The lowest BCUT2D eigenvalue weighted by Gasteiger charge is -2.14. The fourth-order valence-corrected chi connectivity index (χ4v) is 2.56. The Morgan fingerprint density at radius 1 is 1.37 bits per heavy atom. The number of amides is 2. The molecule has 1 aromatic rings. The van der Waals surface area contributed by atoms with Gasteiger partial charge in [-0.1, -0.05) is 35.5 Å². The van der Waals surface area contributed by atoms with Crippen molar-refractivity contribution in [3.8, 4) is 0 Å². The van der Waals surface area contributed by atoms with Gasteiger partial charge in [0.05, 0.1) is 15.6 Å². The maximum absolute atomic E-state index is 12.1. The second-order valence-electron chi connectivity index (χ2n) is 3.81. The molecule has 2 rings (SSSR count). The van der Waals surface area contributed by atoms with Crippen molar-refractivity contribution in [2.75, 3.05) is 5.32 Å². The minimum Gasteiger partial charge on any atom is -0.361 e. The number of nitrogens with one attached hydrogen (secondary N) is 3. The normalized spacial score (nSPS) is 17.4. The van der Waals surface area contributed by atoms with Crippen molar-refractivity contribution >= 4 is 40.9 Å². The molecular formula is C12H12ClN3O2S. The molecule has 19 heavy (non-hydrogen) atoms. The fourth-order valence-electron chi connectivity index (χ4n) is 1.57. The highest BCUT2D eigenvalue weighted by molar-refractivity contribution is 8.05. The van der Waals surface area contributed by atoms with E-state index in [9.17, 15) is 9.59 Å². The van der Waals surface area contributed by atoms with E-state index in [0.717, 1.165) is 0 Å². The van der Waals surface area contributed by atoms with Gasteiger partial charge in [0.25, 0.3) is 5.91 Å². The summed E-state index contributed by atoms with van der Waals surface area (Å²) in [6, 6.07) is 6.82. The zero-order valence-electron chi connectivity index (χ0n) is 10.1. The maximum atomic E-state index is 12.1. The molecule has 0 bridgehead atoms. The third-order valence-corrected chi connectivity index (χ3v) is 3.53. The van der Waals surface area contributed by atoms with Crippen molar-refractivity contribution in [1.29, 1.82) is 0 Å². The predicted molar refractivity (Wildman–Crippen MR) is 76.7 cm³/mol. The van der Waals surface area contributed by atoms with E-state index in [1.165, 1.54) is 18.7 Å². The highest BCUT2D eigenvalue weighted by Crippen LogP contribution is 2.27. The quantitative estimate of drug-likeness (QED) is 0.798. The summed E-state index contributed by atoms with van der Waals surface area (Å²) in [4.78, 5) is 23.2. The Kier molecular flexibility index (Phi) is 4.34. The number of rotatable bonds is 3. The molecule has 1 aromatic carbocycles. The van der Waals surface area contributed by atoms with Crippen LogP contribution >= 0.6 is 23.4 Å². The van der Waals surface area contributed by atoms with Crippen molar-refractivity contribution in [1.82, 2.24) is 10.6 Å². The molecule has 1 heterocycles. The summed E-state index contributed by atoms with van der Waals surface area (Å²) >= 11 is 7.09. The summed E-state index contributed by atoms with van der Waals surface area (Å²) in [6.07, 6.45) is 1.62. The monoisotopic (exact) mass is 297 g/mol. The van der Waals surface area contributed by atoms with Gasteiger partial charge in [-0.15, -0.1) is 0 Å². The summed E-state index contributed by atoms with van der Waals surface area (Å²) in [6.45, 7) is 1.40. The molecule has 0 saturated carbocycles. The molecule has 0 fully saturated rings. The Labute approximate surface area is 119 Å². The lowest BCUT2D eigenvalue weighted by molar-refractivity contribution is -0.114. The van der Waals surface area contributed by atoms with Crippen LogP contribution in [0.1, 0.15) is 17.3 Å². The first-order valence-electron chi connectivity index (χ1n) is 5.52. The standard InChI is InChI=1S/C12H12ClN3O2S/c1-7(17)15-9-5-3-2-4-8(9)11(18)16-12-14-6-10(13)19-12/h2-6,12,14H,1H3,(H,15,17)(H,16,18). The zero-order chi connectivity index (χ0) is 13.8. The minimum absolute atomic E-state index is 0.224. The highest BCUT2D eigenvalue weighted by Gasteiger charge is 2.20. The molecule has 1 aliphatic rings. The lowest BCUT2D eigenvalue weighted by atomic mass is 10.1. The predicted octanol–water partition coefficient (Wildman–Crippen LogP) is 2.03. The summed E-state index contributed by atoms with van der Waals surface area (Å²) in [5, 5.41) is 8.30. The van der Waals surface area contributed by atoms with Gasteiger partial charge in [0, 0.05) is 13.1 Å². The molecule has 100 valence electrons. The number of thioether (sulfide) groups is 1. The second kappa shape index (κ2) is 5.99. The molecule has 0 spiro atoms. The Morgan fingerprint density at radius 3 is 2.74 bits per heavy atom. The largest absolute Gasteiger partial charge is 0.361 e. The van der Waals surface area contributed by atoms with E-state index in [4.69, 9.17) is 11.6 Å². The van der Waals surface area contributed by atoms with Gasteiger partial charge >= 0.3 is 0 Å². The molecular weight excluding hydrogens is 286 g/mol. The first-order valence-corrected chi connectivity index (χ1v) is 6.78. The zero-order valence-corrected chi connectivity index (χ0v) is 11.6. The number of carbonyl (C=O) groups excluding carboxylic acids is 2. The van der Waals surface area contributed by atoms with Gasteiger partial charge in [-0.3, -0.25) is 9.59 Å². The van der Waals surface area contributed by atoms with Gasteiger partial charge in [-0.05, 0) is 12.1 Å². The van der Waals surface area contributed by atoms with E-state index in [2.05, 4.69) is 16.0 Å². The van der Waals surface area contributed by atoms with Crippen LogP contribution in [0.5, 0.6) is 0 Å². The summed E-state index contributed by atoms with van der Waals surface area (Å²) in [5.41, 5.74) is 0.586. The van der Waals surface area contributed by atoms with Crippen molar-refractivity contribution < 1.29 is 9.59 Å². The molecule has 3 N–H and O–H groups in total. The number of halogens is 1. The number of para-hydroxylation sites is 1. The third kappa shape index (κ3) is 3.65. The molecule has 7 heteroatoms. The van der Waals surface area contributed by atoms with Crippen LogP contribution in [0.2, 0.25) is 0 Å². The van der Waals surface area contributed by atoms with E-state index >= 15 is 0 Å². The molecule has 0 saturated heterocycles. The number of hydrogen-bond acceptors (Lipinski definition) is 4. The van der Waals surface area contributed by atoms with Gasteiger partial charge in [0.1, 0.15) is 0 Å². The van der Waals surface area contributed by atoms with Crippen molar-refractivity contribution in [2.24, 2.45) is 0 Å². The van der Waals surface area contributed by atoms with Crippen LogP contribution in [0.4, 0.5) is 5.69 Å². The van der Waals surface area contributed by atoms with E-state index in [0.29, 0.717) is 15.6 Å². The minimum atomic E-state index is -0.301. The maximum Gasteiger partial charge on any atom is 0.255 e. The van der Waals surface area contributed by atoms with E-state index < -0.39 is 0 Å². The number of hydrogen-bond donors (Lipinski definition) is 3. The van der Waals surface area contributed by atoms with Gasteiger partial charge in [0.15, 0.2) is 5.50 Å². The molecule has 5 nitrogen and oxygen atoms in total. The number of anilines is 1. The van der Waals surface area contributed by atoms with Crippen molar-refractivity contribution in [3.63, 3.8) is 0 Å². The molecule has 1 atom stereocenters. The first-order chi connectivity index (χ1) is 9.06. The Balaban J connectivity index is 2.08. The third-order valence-electron chi connectivity index (χ3n) is 2.32. The van der Waals surface area contributed by atoms with Crippen molar-refractivity contribution in [2.45, 2.75) is 12.4 Å². The summed E-state index contributed by atoms with van der Waals surface area (Å²) < 4.78 is 0.584. The molecule has 0 radical (unpaired) electrons. The Morgan fingerprint density at radius 2 is 2.11 bits per heavy atom. The molecule has 0 aromatic heterocycles. The average molecular weight is 298 g/mol. The van der Waals surface area contributed by atoms with Gasteiger partial charge < -0.3 is 16.0 Å². The van der Waals surface area contributed by atoms with Gasteiger partial charge in [0.2, 0.25) is 5.91 Å². The van der Waals surface area contributed by atoms with Crippen LogP contribution < -0.4 is 16.0 Å². The number of benzene rings is 1. The van der Waals surface area contributed by atoms with Gasteiger partial charge in [-0.2, -0.15) is 0 Å². The summed E-state index contributed by atoms with van der Waals surface area (Å²) in [5.74, 6) is -0.507. The molecule has 0 aliphatic carbocycles. The highest BCUT2D eigenvalue weighted by atomic mass is 35.5. The van der Waals surface area contributed by atoms with Crippen LogP contribution in [0.15, 0.2) is 34.8 Å². The molecule has 2 amide bonds. The smallest absolute Gasteiger partial charge is 0.255 e. The van der Waals surface area contributed by atoms with Crippen LogP contribution in [0.25, 0.3) is 0 Å². The SMILES string of the molecule is CC(=O)Nc1ccccc1C(=O)NC1NC=C(Cl)S1. The van der Waals surface area contributed by atoms with Gasteiger partial charge in [-0.25, -0.2) is 0 Å². The average Bonchev–Trinajstić information content (AvgIpc) is 2.74. The lowest BCUT2D eigenvalue weighted by Crippen LogP contribution is -2.38. The Bertz CT molecular complexity index is 548. The second-order valence-corrected chi connectivity index (χ2v) is 5.59. The van der Waals surface area contributed by atoms with Crippen molar-refractivity contribution in [3.05, 3.63) is 40.4 Å². The van der Waals surface area contributed by atoms with Crippen LogP contribution in [0, 0.1) is 0 Å². The molecule has 1 aliphatic heterocycles. The van der Waals surface area contributed by atoms with Crippen LogP contribution in [0.3, 0.4) is 0 Å². The topological polar surface area (TPSA) is 70.2 Å². The van der Waals surface area contributed by atoms with Crippen LogP contribution in [-0.4, -0.2) is 17.3 Å². The van der Waals surface area contributed by atoms with Crippen LogP contribution in [-0.2, 0) is 4.79 Å². The van der Waals surface area contributed by atoms with E-state index in [-0.39, 0.29) is 17.3 Å². The number of carbonyl (C=O) groups is 2. The van der Waals surface area contributed by atoms with E-state index in [1.54, 1.807) is 30.5 Å². The molecule has 1 unspecified atom stereocenters. The van der Waals surface area contributed by atoms with E-state index in [1.807, 2.05) is 0 Å². The first kappa shape index (κ1) is 13.8. The summed E-state index contributed by atoms with van der Waals surface area (Å²) in [7, 11) is 0. The Hall–Kier alpha value is -1.66. The fraction of sp³-hybridized carbons (Fsp3) is 0.167.